The number of hydrogen-bond donors (Lipinski definition) is 0. The summed E-state index contributed by atoms with van der Waals surface area (Å²) in [5, 5.41) is 0. The van der Waals surface area contributed by atoms with Crippen LogP contribution in [0.3, 0.4) is 0 Å². The van der Waals surface area contributed by atoms with E-state index < -0.39 is 10.4 Å². The molecule has 4 nitrogen and oxygen atoms in total. The van der Waals surface area contributed by atoms with E-state index in [4.69, 9.17) is 17.5 Å². The molecule has 0 spiro atoms. The molecule has 0 aromatic heterocycles. The zero-order valence-electron chi connectivity index (χ0n) is 12.8. The molecule has 0 bridgehead atoms. The minimum Gasteiger partial charge on any atom is -0.759 e. The maximum absolute atomic E-state index is 8.52. The van der Waals surface area contributed by atoms with Gasteiger partial charge in [0.25, 0.3) is 0 Å². The fourth-order valence-corrected chi connectivity index (χ4v) is 2.00. The summed E-state index contributed by atoms with van der Waals surface area (Å²) in [5.41, 5.74) is 4.48. The molecular formula is C15H18NaO4S-. The van der Waals surface area contributed by atoms with Crippen LogP contribution in [0.4, 0.5) is 0 Å². The van der Waals surface area contributed by atoms with E-state index in [2.05, 4.69) is 63.2 Å². The number of rotatable bonds is 2. The van der Waals surface area contributed by atoms with Crippen molar-refractivity contribution < 1.29 is 47.1 Å². The molecule has 0 aromatic carbocycles. The second-order valence-electron chi connectivity index (χ2n) is 5.17. The molecule has 21 heavy (non-hydrogen) atoms. The van der Waals surface area contributed by atoms with Crippen LogP contribution in [0.2, 0.25) is 0 Å². The zero-order chi connectivity index (χ0) is 15.4. The maximum atomic E-state index is 8.52. The molecule has 0 amide bonds. The summed E-state index contributed by atoms with van der Waals surface area (Å²) in [6, 6.07) is 15.2. The Labute approximate surface area is 148 Å². The molecule has 0 radical (unpaired) electrons. The Morgan fingerprint density at radius 1 is 1.00 bits per heavy atom. The zero-order valence-corrected chi connectivity index (χ0v) is 15.6. The van der Waals surface area contributed by atoms with Gasteiger partial charge in [-0.2, -0.15) is 0 Å². The molecular weight excluding hydrogens is 299 g/mol. The molecule has 2 rings (SSSR count). The Bertz CT molecular complexity index is 630. The van der Waals surface area contributed by atoms with Crippen molar-refractivity contribution in [2.75, 3.05) is 0 Å². The maximum Gasteiger partial charge on any atom is 1.00 e. The average Bonchev–Trinajstić information content (AvgIpc) is 2.58. The van der Waals surface area contributed by atoms with E-state index in [-0.39, 0.29) is 35.0 Å². The summed E-state index contributed by atoms with van der Waals surface area (Å²) < 4.78 is 34.1. The van der Waals surface area contributed by atoms with E-state index in [0.29, 0.717) is 0 Å². The Morgan fingerprint density at radius 3 is 2.05 bits per heavy atom. The molecule has 2 aliphatic carbocycles. The van der Waals surface area contributed by atoms with Crippen LogP contribution in [-0.2, 0) is 15.8 Å². The molecule has 0 aliphatic heterocycles. The first-order chi connectivity index (χ1) is 9.15. The molecule has 110 valence electrons. The van der Waals surface area contributed by atoms with E-state index in [1.807, 2.05) is 0 Å². The van der Waals surface area contributed by atoms with Crippen molar-refractivity contribution in [2.45, 2.75) is 32.6 Å². The second kappa shape index (κ2) is 8.27. The normalized spacial score (nSPS) is 11.3. The minimum absolute atomic E-state index is 0. The van der Waals surface area contributed by atoms with Gasteiger partial charge in [0, 0.05) is 10.4 Å². The van der Waals surface area contributed by atoms with Crippen molar-refractivity contribution in [3.05, 3.63) is 48.0 Å². The molecule has 2 aliphatic rings. The van der Waals surface area contributed by atoms with E-state index in [1.54, 1.807) is 0 Å². The third kappa shape index (κ3) is 6.91. The smallest absolute Gasteiger partial charge is 0.759 e. The average molecular weight is 317 g/mol. The summed E-state index contributed by atoms with van der Waals surface area (Å²) in [6.07, 6.45) is 1.17. The topological polar surface area (TPSA) is 80.3 Å². The second-order valence-corrected chi connectivity index (χ2v) is 5.99. The van der Waals surface area contributed by atoms with Crippen molar-refractivity contribution in [1.82, 2.24) is 0 Å². The molecule has 0 heterocycles. The molecule has 6 heteroatoms. The third-order valence-corrected chi connectivity index (χ3v) is 3.40. The molecule has 0 fully saturated rings. The fourth-order valence-electron chi connectivity index (χ4n) is 2.00. The quantitative estimate of drug-likeness (QED) is 0.448. The first-order valence-electron chi connectivity index (χ1n) is 6.30. The van der Waals surface area contributed by atoms with Crippen LogP contribution in [0.5, 0.6) is 0 Å². The van der Waals surface area contributed by atoms with Crippen molar-refractivity contribution in [2.24, 2.45) is 0 Å². The van der Waals surface area contributed by atoms with E-state index >= 15 is 0 Å². The number of fused-ring (bicyclic) bond motifs is 1. The van der Waals surface area contributed by atoms with E-state index in [9.17, 15) is 0 Å². The summed E-state index contributed by atoms with van der Waals surface area (Å²) in [4.78, 5) is 0. The molecule has 0 N–H and O–H groups in total. The van der Waals surface area contributed by atoms with Crippen molar-refractivity contribution >= 4 is 10.4 Å². The number of hydrogen-bond acceptors (Lipinski definition) is 4. The Balaban J connectivity index is 0.000000583. The van der Waals surface area contributed by atoms with Gasteiger partial charge in [0.15, 0.2) is 0 Å². The first kappa shape index (κ1) is 20.6. The first-order valence-corrected chi connectivity index (χ1v) is 7.63. The van der Waals surface area contributed by atoms with E-state index in [1.165, 1.54) is 23.1 Å². The van der Waals surface area contributed by atoms with Crippen LogP contribution in [0.15, 0.2) is 42.5 Å². The van der Waals surface area contributed by atoms with Gasteiger partial charge >= 0.3 is 29.6 Å². The minimum atomic E-state index is -5.17. The van der Waals surface area contributed by atoms with Crippen molar-refractivity contribution in [3.63, 3.8) is 0 Å². The van der Waals surface area contributed by atoms with Crippen LogP contribution >= 0.6 is 0 Å². The molecule has 0 saturated heterocycles. The monoisotopic (exact) mass is 317 g/mol. The van der Waals surface area contributed by atoms with Gasteiger partial charge in [-0.1, -0.05) is 63.2 Å². The third-order valence-electron chi connectivity index (χ3n) is 3.40. The largest absolute Gasteiger partial charge is 1.00 e. The molecule has 0 unspecified atom stereocenters. The summed E-state index contributed by atoms with van der Waals surface area (Å²) in [6.45, 7) is 6.88. The van der Waals surface area contributed by atoms with Gasteiger partial charge in [-0.05, 0) is 28.5 Å². The predicted octanol–water partition coefficient (Wildman–Crippen LogP) is 0.145. The van der Waals surface area contributed by atoms with Gasteiger partial charge < -0.3 is 9.11 Å². The van der Waals surface area contributed by atoms with Gasteiger partial charge in [-0.25, -0.2) is 0 Å². The Kier molecular flexibility index (Phi) is 8.10. The van der Waals surface area contributed by atoms with E-state index in [0.717, 1.165) is 0 Å². The standard InChI is InChI=1S/C15H18.Na.H2O4S/c1-4-15(2,3)14-11-10-12-8-6-5-7-9-13(12)14;;1-5(2,3)4/h5-11H,4H2,1-3H3;;(H2,1,2,3,4)/q;+1;/p-2. The Morgan fingerprint density at radius 2 is 1.52 bits per heavy atom. The summed E-state index contributed by atoms with van der Waals surface area (Å²) in [5.74, 6) is 0. The van der Waals surface area contributed by atoms with Gasteiger partial charge in [0.1, 0.15) is 0 Å². The molecule has 0 saturated carbocycles. The molecule has 0 atom stereocenters. The summed E-state index contributed by atoms with van der Waals surface area (Å²) >= 11 is 0. The Hall–Kier alpha value is -0.430. The predicted molar refractivity (Wildman–Crippen MR) is 76.9 cm³/mol. The van der Waals surface area contributed by atoms with Crippen LogP contribution in [0, 0.1) is 0 Å². The summed E-state index contributed by atoms with van der Waals surface area (Å²) in [7, 11) is -5.17. The van der Waals surface area contributed by atoms with Crippen molar-refractivity contribution in [1.29, 1.82) is 0 Å². The van der Waals surface area contributed by atoms with Crippen LogP contribution < -0.4 is 29.6 Å². The van der Waals surface area contributed by atoms with Gasteiger partial charge in [0.05, 0.1) is 0 Å². The molecule has 0 aromatic rings. The van der Waals surface area contributed by atoms with Crippen LogP contribution in [-0.4, -0.2) is 17.5 Å². The van der Waals surface area contributed by atoms with Gasteiger partial charge in [0.2, 0.25) is 0 Å². The van der Waals surface area contributed by atoms with Crippen molar-refractivity contribution in [3.8, 4) is 11.1 Å². The van der Waals surface area contributed by atoms with Crippen LogP contribution in [0.25, 0.3) is 11.1 Å². The van der Waals surface area contributed by atoms with Gasteiger partial charge in [-0.15, -0.1) is 0 Å². The SMILES string of the molecule is CCC(C)(C)c1ccc2cccccc1-2.O=S(=O)([O-])[O-].[Na+]. The van der Waals surface area contributed by atoms with Crippen LogP contribution in [0.1, 0.15) is 32.8 Å². The fraction of sp³-hybridized carbons (Fsp3) is 0.333. The van der Waals surface area contributed by atoms with Gasteiger partial charge in [-0.3, -0.25) is 8.42 Å².